The van der Waals surface area contributed by atoms with Gasteiger partial charge < -0.3 is 15.2 Å². The van der Waals surface area contributed by atoms with E-state index in [1.54, 1.807) is 11.8 Å². The molecule has 0 radical (unpaired) electrons. The first-order valence-electron chi connectivity index (χ1n) is 9.28. The summed E-state index contributed by atoms with van der Waals surface area (Å²) >= 11 is 1.79. The van der Waals surface area contributed by atoms with E-state index in [1.165, 1.54) is 4.90 Å². The van der Waals surface area contributed by atoms with Gasteiger partial charge in [-0.1, -0.05) is 37.2 Å². The number of carbonyl (C=O) groups is 1. The Morgan fingerprint density at radius 1 is 1.11 bits per heavy atom. The van der Waals surface area contributed by atoms with E-state index in [2.05, 4.69) is 32.9 Å². The van der Waals surface area contributed by atoms with Crippen LogP contribution in [0.2, 0.25) is 0 Å². The highest BCUT2D eigenvalue weighted by molar-refractivity contribution is 7.99. The second-order valence-electron chi connectivity index (χ2n) is 6.59. The Labute approximate surface area is 169 Å². The minimum absolute atomic E-state index is 0.211. The van der Waals surface area contributed by atoms with Crippen molar-refractivity contribution in [1.29, 1.82) is 0 Å². The number of anilines is 1. The van der Waals surface area contributed by atoms with Crippen LogP contribution in [0.15, 0.2) is 64.0 Å². The van der Waals surface area contributed by atoms with Crippen molar-refractivity contribution < 1.29 is 9.32 Å². The second-order valence-corrected chi connectivity index (χ2v) is 7.75. The molecule has 0 aliphatic carbocycles. The van der Waals surface area contributed by atoms with Gasteiger partial charge in [0.25, 0.3) is 5.89 Å². The molecular weight excluding hydrogens is 372 g/mol. The van der Waals surface area contributed by atoms with E-state index in [-0.39, 0.29) is 11.9 Å². The van der Waals surface area contributed by atoms with Gasteiger partial charge in [0.15, 0.2) is 5.82 Å². The average Bonchev–Trinajstić information content (AvgIpc) is 3.20. The van der Waals surface area contributed by atoms with Crippen LogP contribution in [-0.2, 0) is 0 Å². The van der Waals surface area contributed by atoms with Gasteiger partial charge >= 0.3 is 6.03 Å². The van der Waals surface area contributed by atoms with E-state index in [9.17, 15) is 4.79 Å². The number of nitrogens with one attached hydrogen (secondary N) is 2. The molecule has 0 saturated carbocycles. The molecule has 0 aliphatic heterocycles. The normalized spacial score (nSPS) is 10.8. The van der Waals surface area contributed by atoms with E-state index in [4.69, 9.17) is 4.52 Å². The van der Waals surface area contributed by atoms with Crippen LogP contribution in [0.5, 0.6) is 0 Å². The molecule has 0 atom stereocenters. The van der Waals surface area contributed by atoms with Crippen LogP contribution in [0.1, 0.15) is 32.0 Å². The maximum absolute atomic E-state index is 12.0. The lowest BCUT2D eigenvalue weighted by molar-refractivity contribution is 0.252. The van der Waals surface area contributed by atoms with E-state index in [0.29, 0.717) is 23.9 Å². The summed E-state index contributed by atoms with van der Waals surface area (Å²) in [6.45, 7) is 4.66. The molecule has 0 spiro atoms. The number of carbonyl (C=O) groups excluding carboxylic acids is 1. The Balaban J connectivity index is 1.40. The number of aromatic nitrogens is 2. The Morgan fingerprint density at radius 3 is 2.54 bits per heavy atom. The van der Waals surface area contributed by atoms with E-state index in [1.807, 2.05) is 56.3 Å². The number of amides is 2. The van der Waals surface area contributed by atoms with E-state index in [0.717, 1.165) is 17.7 Å². The van der Waals surface area contributed by atoms with Gasteiger partial charge in [-0.25, -0.2) is 4.79 Å². The molecule has 2 amide bonds. The average molecular weight is 397 g/mol. The van der Waals surface area contributed by atoms with Crippen molar-refractivity contribution in [2.75, 3.05) is 17.6 Å². The van der Waals surface area contributed by atoms with Crippen LogP contribution in [0.25, 0.3) is 11.5 Å². The highest BCUT2D eigenvalue weighted by atomic mass is 32.2. The third-order valence-electron chi connectivity index (χ3n) is 3.97. The van der Waals surface area contributed by atoms with Crippen LogP contribution < -0.4 is 10.6 Å². The lowest BCUT2D eigenvalue weighted by atomic mass is 10.2. The number of hydrogen-bond donors (Lipinski definition) is 2. The fourth-order valence-corrected chi connectivity index (χ4v) is 3.31. The van der Waals surface area contributed by atoms with Crippen molar-refractivity contribution in [2.24, 2.45) is 0 Å². The number of rotatable bonds is 8. The Hall–Kier alpha value is -2.80. The highest BCUT2D eigenvalue weighted by Crippen LogP contribution is 2.22. The number of nitrogens with zero attached hydrogens (tertiary/aromatic N) is 2. The molecule has 3 aromatic rings. The number of urea groups is 1. The molecule has 2 N–H and O–H groups in total. The van der Waals surface area contributed by atoms with Gasteiger partial charge in [-0.15, -0.1) is 11.8 Å². The Morgan fingerprint density at radius 2 is 1.86 bits per heavy atom. The second kappa shape index (κ2) is 9.94. The fourth-order valence-electron chi connectivity index (χ4n) is 2.44. The molecule has 1 aromatic heterocycles. The molecule has 28 heavy (non-hydrogen) atoms. The van der Waals surface area contributed by atoms with Gasteiger partial charge in [-0.3, -0.25) is 0 Å². The third-order valence-corrected chi connectivity index (χ3v) is 5.06. The van der Waals surface area contributed by atoms with E-state index >= 15 is 0 Å². The van der Waals surface area contributed by atoms with Crippen molar-refractivity contribution >= 4 is 23.5 Å². The number of hydrogen-bond acceptors (Lipinski definition) is 5. The maximum Gasteiger partial charge on any atom is 0.319 e. The van der Waals surface area contributed by atoms with Crippen LogP contribution >= 0.6 is 11.8 Å². The molecule has 2 aromatic carbocycles. The fraction of sp³-hybridized carbons (Fsp3) is 0.286. The summed E-state index contributed by atoms with van der Waals surface area (Å²) < 4.78 is 5.28. The molecule has 0 bridgehead atoms. The Bertz CT molecular complexity index is 879. The third kappa shape index (κ3) is 5.85. The molecular formula is C21H24N4O2S. The zero-order chi connectivity index (χ0) is 19.8. The lowest BCUT2D eigenvalue weighted by Gasteiger charge is -2.08. The first-order chi connectivity index (χ1) is 13.6. The molecule has 3 rings (SSSR count). The highest BCUT2D eigenvalue weighted by Gasteiger charge is 2.11. The van der Waals surface area contributed by atoms with Crippen LogP contribution in [0.3, 0.4) is 0 Å². The lowest BCUT2D eigenvalue weighted by Crippen LogP contribution is -2.29. The van der Waals surface area contributed by atoms with Crippen molar-refractivity contribution in [1.82, 2.24) is 15.5 Å². The predicted octanol–water partition coefficient (Wildman–Crippen LogP) is 5.16. The smallest absolute Gasteiger partial charge is 0.319 e. The minimum Gasteiger partial charge on any atom is -0.338 e. The van der Waals surface area contributed by atoms with Crippen LogP contribution in [0.4, 0.5) is 10.5 Å². The van der Waals surface area contributed by atoms with Gasteiger partial charge in [-0.2, -0.15) is 4.98 Å². The molecule has 0 fully saturated rings. The van der Waals surface area contributed by atoms with Crippen molar-refractivity contribution in [3.8, 4) is 11.5 Å². The summed E-state index contributed by atoms with van der Waals surface area (Å²) in [4.78, 5) is 17.6. The summed E-state index contributed by atoms with van der Waals surface area (Å²) in [5, 5.41) is 9.67. The first kappa shape index (κ1) is 19.9. The molecule has 7 heteroatoms. The van der Waals surface area contributed by atoms with Gasteiger partial charge in [0, 0.05) is 28.6 Å². The molecule has 146 valence electrons. The minimum atomic E-state index is -0.211. The number of benzene rings is 2. The number of thioether (sulfide) groups is 1. The largest absolute Gasteiger partial charge is 0.338 e. The zero-order valence-electron chi connectivity index (χ0n) is 16.0. The summed E-state index contributed by atoms with van der Waals surface area (Å²) in [7, 11) is 0. The summed E-state index contributed by atoms with van der Waals surface area (Å²) in [6.07, 6.45) is 0.904. The Kier molecular flexibility index (Phi) is 7.08. The topological polar surface area (TPSA) is 80.0 Å². The quantitative estimate of drug-likeness (QED) is 0.406. The molecule has 6 nitrogen and oxygen atoms in total. The van der Waals surface area contributed by atoms with Gasteiger partial charge in [0.2, 0.25) is 0 Å². The van der Waals surface area contributed by atoms with Gasteiger partial charge in [0.05, 0.1) is 0 Å². The monoisotopic (exact) mass is 396 g/mol. The predicted molar refractivity (Wildman–Crippen MR) is 113 cm³/mol. The van der Waals surface area contributed by atoms with Crippen molar-refractivity contribution in [3.05, 3.63) is 60.4 Å². The SMILES string of the molecule is CC(C)c1noc(-c2ccc(NC(=O)NCCCSc3ccccc3)cc2)n1. The standard InChI is InChI=1S/C21H24N4O2S/c1-15(2)19-24-20(27-25-19)16-9-11-17(12-10-16)23-21(26)22-13-6-14-28-18-7-4-3-5-8-18/h3-5,7-12,15H,6,13-14H2,1-2H3,(H2,22,23,26). The van der Waals surface area contributed by atoms with Crippen molar-refractivity contribution in [2.45, 2.75) is 31.1 Å². The maximum atomic E-state index is 12.0. The molecule has 1 heterocycles. The zero-order valence-corrected chi connectivity index (χ0v) is 16.8. The van der Waals surface area contributed by atoms with Gasteiger partial charge in [0.1, 0.15) is 0 Å². The van der Waals surface area contributed by atoms with Crippen LogP contribution in [0, 0.1) is 0 Å². The van der Waals surface area contributed by atoms with Crippen LogP contribution in [-0.4, -0.2) is 28.5 Å². The summed E-state index contributed by atoms with van der Waals surface area (Å²) in [5.41, 5.74) is 1.53. The van der Waals surface area contributed by atoms with E-state index < -0.39 is 0 Å². The van der Waals surface area contributed by atoms with Crippen molar-refractivity contribution in [3.63, 3.8) is 0 Å². The first-order valence-corrected chi connectivity index (χ1v) is 10.3. The molecule has 0 unspecified atom stereocenters. The van der Waals surface area contributed by atoms with Gasteiger partial charge in [-0.05, 0) is 48.6 Å². The molecule has 0 aliphatic rings. The summed E-state index contributed by atoms with van der Waals surface area (Å²) in [5.74, 6) is 2.34. The summed E-state index contributed by atoms with van der Waals surface area (Å²) in [6, 6.07) is 17.4. The molecule has 0 saturated heterocycles.